The minimum atomic E-state index is -0.540. The number of hydrogen-bond acceptors (Lipinski definition) is 7. The molecule has 1 aromatic carbocycles. The summed E-state index contributed by atoms with van der Waals surface area (Å²) >= 11 is 1.27. The molecule has 0 unspecified atom stereocenters. The van der Waals surface area contributed by atoms with E-state index in [2.05, 4.69) is 20.6 Å². The molecule has 0 saturated heterocycles. The molecular weight excluding hydrogens is 422 g/mol. The molecule has 0 aliphatic carbocycles. The lowest BCUT2D eigenvalue weighted by molar-refractivity contribution is -0.119. The Morgan fingerprint density at radius 1 is 1.32 bits per heavy atom. The first-order valence-electron chi connectivity index (χ1n) is 9.46. The molecule has 11 heteroatoms. The highest BCUT2D eigenvalue weighted by Crippen LogP contribution is 2.29. The molecule has 3 heterocycles. The molecule has 0 radical (unpaired) electrons. The Kier molecular flexibility index (Phi) is 5.42. The first-order valence-corrected chi connectivity index (χ1v) is 10.3. The molecule has 10 nitrogen and oxygen atoms in total. The van der Waals surface area contributed by atoms with Gasteiger partial charge in [-0.15, -0.1) is 11.3 Å². The second kappa shape index (κ2) is 8.19. The molecule has 0 atom stereocenters. The van der Waals surface area contributed by atoms with E-state index in [-0.39, 0.29) is 31.3 Å². The molecule has 4 rings (SSSR count). The van der Waals surface area contributed by atoms with Crippen molar-refractivity contribution in [1.29, 1.82) is 0 Å². The lowest BCUT2D eigenvalue weighted by Crippen LogP contribution is -2.28. The molecule has 1 aliphatic heterocycles. The second-order valence-electron chi connectivity index (χ2n) is 7.06. The average Bonchev–Trinajstić information content (AvgIpc) is 3.06. The van der Waals surface area contributed by atoms with Crippen LogP contribution in [0.4, 0.5) is 5.69 Å². The maximum Gasteiger partial charge on any atom is 0.287 e. The van der Waals surface area contributed by atoms with Crippen molar-refractivity contribution < 1.29 is 19.1 Å². The number of aryl methyl sites for hydroxylation is 2. The molecule has 3 amide bonds. The number of anilines is 1. The number of thiophene rings is 1. The maximum absolute atomic E-state index is 12.6. The summed E-state index contributed by atoms with van der Waals surface area (Å²) in [6.07, 6.45) is 0.590. The standard InChI is InChI=1S/C20H19N5O5S/c1-9-13(4-5-14(21)26)31-20-16(9)18(28)24-17(25-20)19(29)22-7-10-2-3-12-11(6-10)23-15(27)8-30-12/h2-3,6H,4-5,7-8H2,1H3,(H2,21,26)(H,22,29)(H,23,27)(H,24,25,28). The van der Waals surface area contributed by atoms with Crippen molar-refractivity contribution in [3.8, 4) is 5.75 Å². The molecule has 0 fully saturated rings. The third-order valence-electron chi connectivity index (χ3n) is 4.84. The summed E-state index contributed by atoms with van der Waals surface area (Å²) in [6.45, 7) is 1.92. The van der Waals surface area contributed by atoms with E-state index in [0.717, 1.165) is 16.0 Å². The third-order valence-corrected chi connectivity index (χ3v) is 6.09. The number of rotatable bonds is 6. The number of aromatic nitrogens is 2. The largest absolute Gasteiger partial charge is 0.482 e. The molecule has 1 aliphatic rings. The first-order chi connectivity index (χ1) is 14.8. The van der Waals surface area contributed by atoms with Crippen LogP contribution in [0.3, 0.4) is 0 Å². The summed E-state index contributed by atoms with van der Waals surface area (Å²) in [7, 11) is 0. The first kappa shape index (κ1) is 20.5. The fourth-order valence-electron chi connectivity index (χ4n) is 3.28. The van der Waals surface area contributed by atoms with Crippen LogP contribution in [0.5, 0.6) is 5.75 Å². The van der Waals surface area contributed by atoms with Crippen LogP contribution in [0.25, 0.3) is 10.2 Å². The van der Waals surface area contributed by atoms with Gasteiger partial charge in [0.1, 0.15) is 10.6 Å². The van der Waals surface area contributed by atoms with Crippen LogP contribution in [0.15, 0.2) is 23.0 Å². The number of aromatic amines is 1. The van der Waals surface area contributed by atoms with Crippen LogP contribution in [-0.4, -0.2) is 34.3 Å². The summed E-state index contributed by atoms with van der Waals surface area (Å²) in [6, 6.07) is 5.19. The second-order valence-corrected chi connectivity index (χ2v) is 8.14. The number of H-pyrrole nitrogens is 1. The van der Waals surface area contributed by atoms with Crippen molar-refractivity contribution in [1.82, 2.24) is 15.3 Å². The lowest BCUT2D eigenvalue weighted by atomic mass is 10.1. The number of carbonyl (C=O) groups excluding carboxylic acids is 3. The van der Waals surface area contributed by atoms with Crippen molar-refractivity contribution in [3.05, 3.63) is 50.4 Å². The van der Waals surface area contributed by atoms with E-state index in [0.29, 0.717) is 28.1 Å². The third kappa shape index (κ3) is 4.26. The Bertz CT molecular complexity index is 1280. The Labute approximate surface area is 179 Å². The number of nitrogens with zero attached hydrogens (tertiary/aromatic N) is 1. The van der Waals surface area contributed by atoms with Gasteiger partial charge >= 0.3 is 0 Å². The van der Waals surface area contributed by atoms with Gasteiger partial charge in [0.25, 0.3) is 17.4 Å². The predicted octanol–water partition coefficient (Wildman–Crippen LogP) is 0.972. The van der Waals surface area contributed by atoms with Crippen molar-refractivity contribution in [2.75, 3.05) is 11.9 Å². The predicted molar refractivity (Wildman–Crippen MR) is 114 cm³/mol. The van der Waals surface area contributed by atoms with Gasteiger partial charge in [0.05, 0.1) is 11.1 Å². The van der Waals surface area contributed by atoms with Crippen LogP contribution in [-0.2, 0) is 22.6 Å². The van der Waals surface area contributed by atoms with E-state index in [4.69, 9.17) is 10.5 Å². The number of carbonyl (C=O) groups is 3. The summed E-state index contributed by atoms with van der Waals surface area (Å²) in [5.41, 5.74) is 6.80. The zero-order chi connectivity index (χ0) is 22.1. The quantitative estimate of drug-likeness (QED) is 0.447. The minimum absolute atomic E-state index is 0.0307. The van der Waals surface area contributed by atoms with Gasteiger partial charge in [-0.05, 0) is 36.6 Å². The number of benzene rings is 1. The highest BCUT2D eigenvalue weighted by molar-refractivity contribution is 7.18. The van der Waals surface area contributed by atoms with E-state index in [1.807, 2.05) is 0 Å². The van der Waals surface area contributed by atoms with Gasteiger partial charge in [-0.1, -0.05) is 6.07 Å². The number of fused-ring (bicyclic) bond motifs is 2. The Morgan fingerprint density at radius 3 is 2.90 bits per heavy atom. The molecule has 160 valence electrons. The monoisotopic (exact) mass is 441 g/mol. The SMILES string of the molecule is Cc1c(CCC(N)=O)sc2nc(C(=O)NCc3ccc4c(c3)NC(=O)CO4)[nH]c(=O)c12. The van der Waals surface area contributed by atoms with Crippen molar-refractivity contribution in [2.24, 2.45) is 5.73 Å². The van der Waals surface area contributed by atoms with Crippen molar-refractivity contribution in [2.45, 2.75) is 26.3 Å². The minimum Gasteiger partial charge on any atom is -0.482 e. The Balaban J connectivity index is 1.51. The summed E-state index contributed by atoms with van der Waals surface area (Å²) in [5.74, 6) is -0.750. The molecule has 31 heavy (non-hydrogen) atoms. The molecule has 0 saturated carbocycles. The van der Waals surface area contributed by atoms with Gasteiger partial charge in [0.2, 0.25) is 11.7 Å². The van der Waals surface area contributed by atoms with E-state index in [9.17, 15) is 19.2 Å². The van der Waals surface area contributed by atoms with Gasteiger partial charge in [-0.2, -0.15) is 0 Å². The van der Waals surface area contributed by atoms with Gasteiger partial charge in [-0.25, -0.2) is 4.98 Å². The smallest absolute Gasteiger partial charge is 0.287 e. The van der Waals surface area contributed by atoms with E-state index < -0.39 is 17.4 Å². The average molecular weight is 441 g/mol. The molecular formula is C20H19N5O5S. The van der Waals surface area contributed by atoms with Crippen LogP contribution in [0.2, 0.25) is 0 Å². The highest BCUT2D eigenvalue weighted by Gasteiger charge is 2.19. The van der Waals surface area contributed by atoms with Gasteiger partial charge in [-0.3, -0.25) is 19.2 Å². The summed E-state index contributed by atoms with van der Waals surface area (Å²) < 4.78 is 5.31. The van der Waals surface area contributed by atoms with Gasteiger partial charge in [0.15, 0.2) is 6.61 Å². The van der Waals surface area contributed by atoms with Crippen molar-refractivity contribution in [3.63, 3.8) is 0 Å². The fourth-order valence-corrected chi connectivity index (χ4v) is 4.46. The number of primary amides is 1. The van der Waals surface area contributed by atoms with Gasteiger partial charge < -0.3 is 26.1 Å². The number of amides is 3. The molecule has 3 aromatic rings. The van der Waals surface area contributed by atoms with Crippen molar-refractivity contribution >= 4 is 45.0 Å². The van der Waals surface area contributed by atoms with Crippen LogP contribution in [0.1, 0.15) is 33.0 Å². The zero-order valence-electron chi connectivity index (χ0n) is 16.5. The normalized spacial score (nSPS) is 12.7. The van der Waals surface area contributed by atoms with E-state index >= 15 is 0 Å². The number of ether oxygens (including phenoxy) is 1. The maximum atomic E-state index is 12.6. The molecule has 5 N–H and O–H groups in total. The Hall–Kier alpha value is -3.73. The Morgan fingerprint density at radius 2 is 2.13 bits per heavy atom. The summed E-state index contributed by atoms with van der Waals surface area (Å²) in [5, 5.41) is 5.82. The van der Waals surface area contributed by atoms with E-state index in [1.54, 1.807) is 25.1 Å². The highest BCUT2D eigenvalue weighted by atomic mass is 32.1. The number of nitrogens with one attached hydrogen (secondary N) is 3. The number of nitrogens with two attached hydrogens (primary N) is 1. The van der Waals surface area contributed by atoms with Crippen LogP contribution in [0, 0.1) is 6.92 Å². The number of hydrogen-bond donors (Lipinski definition) is 4. The zero-order valence-corrected chi connectivity index (χ0v) is 17.4. The fraction of sp³-hybridized carbons (Fsp3) is 0.250. The molecule has 0 spiro atoms. The van der Waals surface area contributed by atoms with Gasteiger partial charge in [0, 0.05) is 17.8 Å². The van der Waals surface area contributed by atoms with E-state index in [1.165, 1.54) is 11.3 Å². The lowest BCUT2D eigenvalue weighted by Gasteiger charge is -2.18. The van der Waals surface area contributed by atoms with Crippen LogP contribution < -0.4 is 26.7 Å². The van der Waals surface area contributed by atoms with Crippen LogP contribution >= 0.6 is 11.3 Å². The summed E-state index contributed by atoms with van der Waals surface area (Å²) in [4.78, 5) is 55.7. The molecule has 0 bridgehead atoms. The molecule has 2 aromatic heterocycles. The topological polar surface area (TPSA) is 156 Å².